The second-order valence-corrected chi connectivity index (χ2v) is 4.43. The molecule has 76 valence electrons. The van der Waals surface area contributed by atoms with Crippen molar-refractivity contribution in [3.8, 4) is 0 Å². The van der Waals surface area contributed by atoms with Crippen LogP contribution in [0.2, 0.25) is 0 Å². The monoisotopic (exact) mass is 200 g/mol. The van der Waals surface area contributed by atoms with Crippen LogP contribution in [0.3, 0.4) is 0 Å². The van der Waals surface area contributed by atoms with E-state index in [9.17, 15) is 0 Å². The van der Waals surface area contributed by atoms with E-state index in [1.807, 2.05) is 0 Å². The first kappa shape index (κ1) is 10.8. The van der Waals surface area contributed by atoms with Gasteiger partial charge in [-0.1, -0.05) is 13.3 Å². The van der Waals surface area contributed by atoms with Gasteiger partial charge >= 0.3 is 0 Å². The minimum absolute atomic E-state index is 0.807. The summed E-state index contributed by atoms with van der Waals surface area (Å²) >= 11 is 5.10. The van der Waals surface area contributed by atoms with Gasteiger partial charge in [-0.2, -0.15) is 0 Å². The highest BCUT2D eigenvalue weighted by Crippen LogP contribution is 2.29. The van der Waals surface area contributed by atoms with Crippen LogP contribution in [0, 0.1) is 11.8 Å². The van der Waals surface area contributed by atoms with Crippen molar-refractivity contribution in [2.75, 3.05) is 13.1 Å². The Hall–Kier alpha value is -0.310. The molecule has 0 heterocycles. The van der Waals surface area contributed by atoms with Gasteiger partial charge in [-0.3, -0.25) is 0 Å². The van der Waals surface area contributed by atoms with Gasteiger partial charge < -0.3 is 10.6 Å². The Morgan fingerprint density at radius 1 is 1.38 bits per heavy atom. The van der Waals surface area contributed by atoms with E-state index in [0.717, 1.165) is 30.0 Å². The Kier molecular flexibility index (Phi) is 4.50. The molecule has 2 N–H and O–H groups in total. The quantitative estimate of drug-likeness (QED) is 0.681. The molecule has 0 radical (unpaired) electrons. The minimum Gasteiger partial charge on any atom is -0.363 e. The molecule has 2 nitrogen and oxygen atoms in total. The number of rotatable bonds is 3. The van der Waals surface area contributed by atoms with E-state index in [1.54, 1.807) is 0 Å². The predicted molar refractivity (Wildman–Crippen MR) is 60.8 cm³/mol. The molecule has 0 bridgehead atoms. The molecule has 2 atom stereocenters. The van der Waals surface area contributed by atoms with Crippen LogP contribution in [0.4, 0.5) is 0 Å². The topological polar surface area (TPSA) is 24.1 Å². The Morgan fingerprint density at radius 3 is 2.69 bits per heavy atom. The molecule has 0 aromatic carbocycles. The molecule has 0 aliphatic heterocycles. The van der Waals surface area contributed by atoms with E-state index in [4.69, 9.17) is 12.2 Å². The van der Waals surface area contributed by atoms with E-state index < -0.39 is 0 Å². The van der Waals surface area contributed by atoms with E-state index in [1.165, 1.54) is 19.3 Å². The summed E-state index contributed by atoms with van der Waals surface area (Å²) < 4.78 is 0. The Morgan fingerprint density at radius 2 is 2.15 bits per heavy atom. The van der Waals surface area contributed by atoms with Gasteiger partial charge in [0.25, 0.3) is 0 Å². The number of hydrogen-bond acceptors (Lipinski definition) is 1. The lowest BCUT2D eigenvalue weighted by Crippen LogP contribution is -2.37. The summed E-state index contributed by atoms with van der Waals surface area (Å²) in [5, 5.41) is 7.17. The van der Waals surface area contributed by atoms with Crippen molar-refractivity contribution < 1.29 is 0 Å². The van der Waals surface area contributed by atoms with Crippen molar-refractivity contribution in [3.63, 3.8) is 0 Å². The molecule has 0 amide bonds. The third kappa shape index (κ3) is 3.94. The first-order valence-electron chi connectivity index (χ1n) is 5.24. The van der Waals surface area contributed by atoms with E-state index in [2.05, 4.69) is 24.5 Å². The van der Waals surface area contributed by atoms with Gasteiger partial charge in [0.15, 0.2) is 5.11 Å². The van der Waals surface area contributed by atoms with Crippen molar-refractivity contribution in [1.29, 1.82) is 0 Å². The van der Waals surface area contributed by atoms with Crippen molar-refractivity contribution in [1.82, 2.24) is 10.6 Å². The van der Waals surface area contributed by atoms with Crippen LogP contribution in [-0.4, -0.2) is 18.2 Å². The van der Waals surface area contributed by atoms with Gasteiger partial charge in [-0.25, -0.2) is 0 Å². The molecular formula is C10H20N2S. The lowest BCUT2D eigenvalue weighted by atomic mass is 10.1. The highest BCUT2D eigenvalue weighted by atomic mass is 32.1. The van der Waals surface area contributed by atoms with Crippen molar-refractivity contribution in [3.05, 3.63) is 0 Å². The summed E-state index contributed by atoms with van der Waals surface area (Å²) in [7, 11) is 0. The summed E-state index contributed by atoms with van der Waals surface area (Å²) in [4.78, 5) is 0. The Bertz CT molecular complexity index is 170. The molecule has 2 unspecified atom stereocenters. The lowest BCUT2D eigenvalue weighted by molar-refractivity contribution is 0.505. The molecule has 0 saturated heterocycles. The standard InChI is InChI=1S/C10H20N2S/c1-3-11-10(13)12-7-9-5-4-8(2)6-9/h8-9H,3-7H2,1-2H3,(H2,11,12,13). The Balaban J connectivity index is 2.09. The largest absolute Gasteiger partial charge is 0.363 e. The zero-order valence-corrected chi connectivity index (χ0v) is 9.41. The summed E-state index contributed by atoms with van der Waals surface area (Å²) in [5.41, 5.74) is 0. The summed E-state index contributed by atoms with van der Waals surface area (Å²) in [6, 6.07) is 0. The third-order valence-electron chi connectivity index (χ3n) is 2.69. The zero-order valence-electron chi connectivity index (χ0n) is 8.60. The predicted octanol–water partition coefficient (Wildman–Crippen LogP) is 1.91. The molecule has 0 spiro atoms. The molecule has 1 aliphatic carbocycles. The fourth-order valence-electron chi connectivity index (χ4n) is 1.97. The van der Waals surface area contributed by atoms with Crippen LogP contribution in [0.1, 0.15) is 33.1 Å². The fraction of sp³-hybridized carbons (Fsp3) is 0.900. The smallest absolute Gasteiger partial charge is 0.166 e. The van der Waals surface area contributed by atoms with E-state index in [0.29, 0.717) is 0 Å². The van der Waals surface area contributed by atoms with Crippen LogP contribution < -0.4 is 10.6 Å². The number of hydrogen-bond donors (Lipinski definition) is 2. The highest BCUT2D eigenvalue weighted by Gasteiger charge is 2.20. The fourth-order valence-corrected chi connectivity index (χ4v) is 2.20. The second kappa shape index (κ2) is 5.43. The summed E-state index contributed by atoms with van der Waals surface area (Å²) in [5.74, 6) is 1.76. The van der Waals surface area contributed by atoms with Crippen molar-refractivity contribution in [2.45, 2.75) is 33.1 Å². The average molecular weight is 200 g/mol. The highest BCUT2D eigenvalue weighted by molar-refractivity contribution is 7.80. The molecule has 1 saturated carbocycles. The maximum atomic E-state index is 5.10. The molecule has 3 heteroatoms. The van der Waals surface area contributed by atoms with Crippen LogP contribution in [-0.2, 0) is 0 Å². The number of thiocarbonyl (C=S) groups is 1. The Labute approximate surface area is 86.5 Å². The van der Waals surface area contributed by atoms with Gasteiger partial charge in [0.05, 0.1) is 0 Å². The molecule has 1 aliphatic rings. The van der Waals surface area contributed by atoms with Gasteiger partial charge in [-0.15, -0.1) is 0 Å². The SMILES string of the molecule is CCNC(=S)NCC1CCC(C)C1. The molecule has 1 fully saturated rings. The van der Waals surface area contributed by atoms with Gasteiger partial charge in [0.1, 0.15) is 0 Å². The molecule has 1 rings (SSSR count). The minimum atomic E-state index is 0.807. The molecule has 0 aromatic heterocycles. The normalized spacial score (nSPS) is 27.2. The zero-order chi connectivity index (χ0) is 9.68. The van der Waals surface area contributed by atoms with Crippen LogP contribution in [0.5, 0.6) is 0 Å². The van der Waals surface area contributed by atoms with Crippen LogP contribution in [0.15, 0.2) is 0 Å². The molecule has 0 aromatic rings. The first-order chi connectivity index (χ1) is 6.22. The van der Waals surface area contributed by atoms with Gasteiger partial charge in [-0.05, 0) is 43.8 Å². The first-order valence-corrected chi connectivity index (χ1v) is 5.65. The summed E-state index contributed by atoms with van der Waals surface area (Å²) in [6.45, 7) is 6.36. The average Bonchev–Trinajstić information content (AvgIpc) is 2.49. The van der Waals surface area contributed by atoms with Gasteiger partial charge in [0, 0.05) is 13.1 Å². The van der Waals surface area contributed by atoms with E-state index >= 15 is 0 Å². The second-order valence-electron chi connectivity index (χ2n) is 4.02. The van der Waals surface area contributed by atoms with Crippen molar-refractivity contribution >= 4 is 17.3 Å². The van der Waals surface area contributed by atoms with Crippen molar-refractivity contribution in [2.24, 2.45) is 11.8 Å². The van der Waals surface area contributed by atoms with Gasteiger partial charge in [0.2, 0.25) is 0 Å². The van der Waals surface area contributed by atoms with Crippen LogP contribution in [0.25, 0.3) is 0 Å². The molecular weight excluding hydrogens is 180 g/mol. The molecule has 13 heavy (non-hydrogen) atoms. The number of nitrogens with one attached hydrogen (secondary N) is 2. The maximum absolute atomic E-state index is 5.10. The lowest BCUT2D eigenvalue weighted by Gasteiger charge is -2.13. The van der Waals surface area contributed by atoms with Crippen LogP contribution >= 0.6 is 12.2 Å². The summed E-state index contributed by atoms with van der Waals surface area (Å²) in [6.07, 6.45) is 4.12. The third-order valence-corrected chi connectivity index (χ3v) is 2.98. The van der Waals surface area contributed by atoms with E-state index in [-0.39, 0.29) is 0 Å². The maximum Gasteiger partial charge on any atom is 0.166 e.